The highest BCUT2D eigenvalue weighted by Crippen LogP contribution is 2.33. The molecule has 1 saturated heterocycles. The minimum Gasteiger partial charge on any atom is -0.469 e. The minimum atomic E-state index is -0.143. The third kappa shape index (κ3) is 4.36. The number of ether oxygens (including phenoxy) is 1. The molecule has 0 unspecified atom stereocenters. The summed E-state index contributed by atoms with van der Waals surface area (Å²) in [6.07, 6.45) is 3.37. The minimum absolute atomic E-state index is 0.0691. The van der Waals surface area contributed by atoms with Gasteiger partial charge in [-0.3, -0.25) is 0 Å². The van der Waals surface area contributed by atoms with E-state index in [4.69, 9.17) is 9.15 Å². The van der Waals surface area contributed by atoms with Gasteiger partial charge in [0.25, 0.3) is 0 Å². The molecule has 2 atom stereocenters. The molecule has 1 fully saturated rings. The molecule has 3 rings (SSSR count). The maximum absolute atomic E-state index is 11.9. The molecule has 0 radical (unpaired) electrons. The quantitative estimate of drug-likeness (QED) is 0.862. The Morgan fingerprint density at radius 1 is 1.13 bits per heavy atom. The van der Waals surface area contributed by atoms with Gasteiger partial charge in [0.05, 0.1) is 12.4 Å². The molecule has 2 amide bonds. The largest absolute Gasteiger partial charge is 0.469 e. The van der Waals surface area contributed by atoms with Crippen molar-refractivity contribution in [2.75, 3.05) is 19.7 Å². The Bertz CT molecular complexity index is 598. The predicted octanol–water partition coefficient (Wildman–Crippen LogP) is 2.90. The number of hydrogen-bond acceptors (Lipinski definition) is 3. The molecule has 1 aliphatic heterocycles. The zero-order valence-electron chi connectivity index (χ0n) is 13.0. The van der Waals surface area contributed by atoms with Crippen LogP contribution in [0.2, 0.25) is 0 Å². The smallest absolute Gasteiger partial charge is 0.314 e. The van der Waals surface area contributed by atoms with E-state index in [-0.39, 0.29) is 12.1 Å². The molecule has 122 valence electrons. The first kappa shape index (κ1) is 15.6. The number of amides is 2. The van der Waals surface area contributed by atoms with E-state index in [1.807, 2.05) is 30.3 Å². The van der Waals surface area contributed by atoms with E-state index in [2.05, 4.69) is 22.8 Å². The third-order valence-electron chi connectivity index (χ3n) is 4.10. The topological polar surface area (TPSA) is 63.5 Å². The van der Waals surface area contributed by atoms with Crippen molar-refractivity contribution in [1.29, 1.82) is 0 Å². The van der Waals surface area contributed by atoms with Gasteiger partial charge in [-0.2, -0.15) is 0 Å². The van der Waals surface area contributed by atoms with Crippen molar-refractivity contribution in [2.24, 2.45) is 5.92 Å². The van der Waals surface area contributed by atoms with Crippen LogP contribution in [0.1, 0.15) is 23.8 Å². The molecular weight excluding hydrogens is 292 g/mol. The predicted molar refractivity (Wildman–Crippen MR) is 87.1 cm³/mol. The van der Waals surface area contributed by atoms with Crippen molar-refractivity contribution in [2.45, 2.75) is 18.9 Å². The van der Waals surface area contributed by atoms with Gasteiger partial charge in [-0.05, 0) is 24.1 Å². The normalized spacial score (nSPS) is 20.3. The Morgan fingerprint density at radius 3 is 2.78 bits per heavy atom. The number of nitrogens with one attached hydrogen (secondary N) is 2. The van der Waals surface area contributed by atoms with Crippen LogP contribution in [-0.4, -0.2) is 25.7 Å². The Labute approximate surface area is 136 Å². The summed E-state index contributed by atoms with van der Waals surface area (Å²) in [4.78, 5) is 11.9. The van der Waals surface area contributed by atoms with Gasteiger partial charge in [0.2, 0.25) is 0 Å². The maximum atomic E-state index is 11.9. The van der Waals surface area contributed by atoms with E-state index in [0.717, 1.165) is 18.8 Å². The van der Waals surface area contributed by atoms with Crippen molar-refractivity contribution in [1.82, 2.24) is 10.6 Å². The van der Waals surface area contributed by atoms with Crippen LogP contribution in [0.15, 0.2) is 53.1 Å². The highest BCUT2D eigenvalue weighted by molar-refractivity contribution is 5.73. The van der Waals surface area contributed by atoms with Crippen LogP contribution in [0.4, 0.5) is 4.79 Å². The van der Waals surface area contributed by atoms with E-state index >= 15 is 0 Å². The fourth-order valence-corrected chi connectivity index (χ4v) is 2.89. The van der Waals surface area contributed by atoms with Crippen LogP contribution in [0.5, 0.6) is 0 Å². The lowest BCUT2D eigenvalue weighted by molar-refractivity contribution is 0.0910. The van der Waals surface area contributed by atoms with Gasteiger partial charge in [-0.15, -0.1) is 0 Å². The van der Waals surface area contributed by atoms with Gasteiger partial charge in [0, 0.05) is 32.0 Å². The summed E-state index contributed by atoms with van der Waals surface area (Å²) in [6.45, 7) is 1.92. The summed E-state index contributed by atoms with van der Waals surface area (Å²) in [7, 11) is 0. The fourth-order valence-electron chi connectivity index (χ4n) is 2.89. The van der Waals surface area contributed by atoms with Gasteiger partial charge >= 0.3 is 6.03 Å². The van der Waals surface area contributed by atoms with Crippen molar-refractivity contribution >= 4 is 6.03 Å². The average molecular weight is 314 g/mol. The van der Waals surface area contributed by atoms with E-state index < -0.39 is 0 Å². The lowest BCUT2D eigenvalue weighted by atomic mass is 9.95. The van der Waals surface area contributed by atoms with Crippen LogP contribution in [0, 0.1) is 5.92 Å². The van der Waals surface area contributed by atoms with Crippen molar-refractivity contribution in [3.63, 3.8) is 0 Å². The van der Waals surface area contributed by atoms with Gasteiger partial charge in [-0.1, -0.05) is 30.3 Å². The lowest BCUT2D eigenvalue weighted by Crippen LogP contribution is -2.39. The first-order valence-electron chi connectivity index (χ1n) is 8.03. The monoisotopic (exact) mass is 314 g/mol. The number of benzene rings is 1. The van der Waals surface area contributed by atoms with Gasteiger partial charge < -0.3 is 19.8 Å². The summed E-state index contributed by atoms with van der Waals surface area (Å²) >= 11 is 0. The molecule has 5 nitrogen and oxygen atoms in total. The number of rotatable bonds is 6. The van der Waals surface area contributed by atoms with Crippen LogP contribution < -0.4 is 10.6 Å². The molecule has 0 spiro atoms. The molecule has 1 aromatic carbocycles. The number of carbonyl (C=O) groups excluding carboxylic acids is 1. The molecular formula is C18H22N2O3. The second kappa shape index (κ2) is 7.83. The van der Waals surface area contributed by atoms with E-state index in [1.54, 1.807) is 6.26 Å². The van der Waals surface area contributed by atoms with Gasteiger partial charge in [-0.25, -0.2) is 4.79 Å². The van der Waals surface area contributed by atoms with E-state index in [9.17, 15) is 4.79 Å². The summed E-state index contributed by atoms with van der Waals surface area (Å²) in [5.41, 5.74) is 1.18. The molecule has 23 heavy (non-hydrogen) atoms. The number of furan rings is 1. The van der Waals surface area contributed by atoms with Crippen molar-refractivity contribution in [3.8, 4) is 0 Å². The average Bonchev–Trinajstić information content (AvgIpc) is 3.25. The highest BCUT2D eigenvalue weighted by atomic mass is 16.5. The second-order valence-corrected chi connectivity index (χ2v) is 5.72. The molecule has 0 aliphatic carbocycles. The highest BCUT2D eigenvalue weighted by Gasteiger charge is 2.29. The Kier molecular flexibility index (Phi) is 5.32. The van der Waals surface area contributed by atoms with Crippen molar-refractivity contribution in [3.05, 3.63) is 60.1 Å². The van der Waals surface area contributed by atoms with Crippen LogP contribution in [0.3, 0.4) is 0 Å². The molecule has 1 aromatic heterocycles. The first-order chi connectivity index (χ1) is 11.3. The summed E-state index contributed by atoms with van der Waals surface area (Å²) in [5, 5.41) is 5.79. The summed E-state index contributed by atoms with van der Waals surface area (Å²) in [5.74, 6) is 1.19. The maximum Gasteiger partial charge on any atom is 0.314 e. The zero-order valence-corrected chi connectivity index (χ0v) is 13.0. The molecule has 2 aromatic rings. The molecule has 0 bridgehead atoms. The third-order valence-corrected chi connectivity index (χ3v) is 4.10. The zero-order chi connectivity index (χ0) is 15.9. The number of hydrogen-bond donors (Lipinski definition) is 2. The first-order valence-corrected chi connectivity index (χ1v) is 8.03. The molecule has 0 saturated carbocycles. The van der Waals surface area contributed by atoms with Crippen LogP contribution in [0.25, 0.3) is 0 Å². The Hall–Kier alpha value is -2.27. The van der Waals surface area contributed by atoms with Crippen LogP contribution in [-0.2, 0) is 11.2 Å². The standard InChI is InChI=1S/C18H22N2O3/c21-18(19-10-8-16-7-4-11-22-16)20-13-15-9-12-23-17(15)14-5-2-1-3-6-14/h1-7,11,15,17H,8-10,12-13H2,(H2,19,20,21)/t15-,17-/m1/s1. The SMILES string of the molecule is O=C(NCCc1ccco1)NC[C@H]1CCO[C@@H]1c1ccccc1. The van der Waals surface area contributed by atoms with E-state index in [1.165, 1.54) is 5.56 Å². The molecule has 2 N–H and O–H groups in total. The Balaban J connectivity index is 1.41. The van der Waals surface area contributed by atoms with Gasteiger partial charge in [0.1, 0.15) is 5.76 Å². The number of urea groups is 1. The molecule has 5 heteroatoms. The van der Waals surface area contributed by atoms with Gasteiger partial charge in [0.15, 0.2) is 0 Å². The fraction of sp³-hybridized carbons (Fsp3) is 0.389. The molecule has 2 heterocycles. The second-order valence-electron chi connectivity index (χ2n) is 5.72. The Morgan fingerprint density at radius 2 is 2.00 bits per heavy atom. The summed E-state index contributed by atoms with van der Waals surface area (Å²) in [6, 6.07) is 13.8. The van der Waals surface area contributed by atoms with Crippen LogP contribution >= 0.6 is 0 Å². The number of carbonyl (C=O) groups is 1. The lowest BCUT2D eigenvalue weighted by Gasteiger charge is -2.19. The van der Waals surface area contributed by atoms with Crippen molar-refractivity contribution < 1.29 is 13.9 Å². The molecule has 1 aliphatic rings. The summed E-state index contributed by atoms with van der Waals surface area (Å²) < 4.78 is 11.1. The van der Waals surface area contributed by atoms with E-state index in [0.29, 0.717) is 25.4 Å².